The van der Waals surface area contributed by atoms with E-state index in [9.17, 15) is 0 Å². The van der Waals surface area contributed by atoms with Crippen LogP contribution in [0.2, 0.25) is 0 Å². The predicted octanol–water partition coefficient (Wildman–Crippen LogP) is 5.80. The molecule has 0 bridgehead atoms. The van der Waals surface area contributed by atoms with Crippen molar-refractivity contribution in [2.75, 3.05) is 13.2 Å². The molecule has 2 aromatic carbocycles. The molecule has 176 valence electrons. The van der Waals surface area contributed by atoms with Gasteiger partial charge in [0, 0.05) is 5.41 Å². The van der Waals surface area contributed by atoms with Gasteiger partial charge in [0.05, 0.1) is 12.2 Å². The molecule has 0 saturated carbocycles. The monoisotopic (exact) mass is 448 g/mol. The molecule has 4 heteroatoms. The average molecular weight is 449 g/mol. The summed E-state index contributed by atoms with van der Waals surface area (Å²) >= 11 is 0. The lowest BCUT2D eigenvalue weighted by molar-refractivity contribution is 0.259. The summed E-state index contributed by atoms with van der Waals surface area (Å²) in [6.07, 6.45) is 6.37. The van der Waals surface area contributed by atoms with Crippen LogP contribution in [0.25, 0.3) is 0 Å². The van der Waals surface area contributed by atoms with Crippen LogP contribution in [0.5, 0.6) is 11.5 Å². The van der Waals surface area contributed by atoms with Crippen molar-refractivity contribution in [3.63, 3.8) is 0 Å². The Morgan fingerprint density at radius 3 is 1.52 bits per heavy atom. The molecule has 2 aliphatic heterocycles. The third-order valence-corrected chi connectivity index (χ3v) is 6.77. The van der Waals surface area contributed by atoms with Crippen LogP contribution in [-0.2, 0) is 27.7 Å². The lowest BCUT2D eigenvalue weighted by atomic mass is 9.76. The maximum atomic E-state index is 6.07. The summed E-state index contributed by atoms with van der Waals surface area (Å²) in [4.78, 5) is 0. The molecule has 2 aromatic rings. The quantitative estimate of drug-likeness (QED) is 0.304. The van der Waals surface area contributed by atoms with Gasteiger partial charge in [0.2, 0.25) is 0 Å². The zero-order valence-corrected chi connectivity index (χ0v) is 20.3. The fourth-order valence-electron chi connectivity index (χ4n) is 4.17. The summed E-state index contributed by atoms with van der Waals surface area (Å²) in [5.41, 5.74) is 4.58. The summed E-state index contributed by atoms with van der Waals surface area (Å²) in [7, 11) is 0. The highest BCUT2D eigenvalue weighted by Crippen LogP contribution is 2.37. The van der Waals surface area contributed by atoms with Crippen LogP contribution in [0, 0.1) is 0 Å². The molecule has 4 nitrogen and oxygen atoms in total. The van der Waals surface area contributed by atoms with E-state index >= 15 is 0 Å². The standard InChI is InChI=1S/C29H36O4/c1-7-9-21-15-23(11-13-25(21)30-17-27-19(3)32-27)29(5,6)24-12-14-26(22(16-24)10-8-2)31-18-28-20(4)33-28/h7-8,11-16,19-20,27-28H,1-2,9-10,17-18H2,3-6H3. The number of hydrogen-bond donors (Lipinski definition) is 0. The molecule has 4 rings (SSSR count). The van der Waals surface area contributed by atoms with Gasteiger partial charge in [-0.3, -0.25) is 0 Å². The van der Waals surface area contributed by atoms with Gasteiger partial charge in [0.15, 0.2) is 0 Å². The van der Waals surface area contributed by atoms with E-state index in [1.54, 1.807) is 0 Å². The van der Waals surface area contributed by atoms with Gasteiger partial charge in [0.1, 0.15) is 36.9 Å². The van der Waals surface area contributed by atoms with Crippen molar-refractivity contribution >= 4 is 0 Å². The molecule has 0 aliphatic carbocycles. The molecule has 0 N–H and O–H groups in total. The highest BCUT2D eigenvalue weighted by atomic mass is 16.6. The fourth-order valence-corrected chi connectivity index (χ4v) is 4.17. The normalized spacial score (nSPS) is 23.6. The Balaban J connectivity index is 1.56. The molecule has 2 fully saturated rings. The molecule has 2 heterocycles. The van der Waals surface area contributed by atoms with Crippen LogP contribution in [0.4, 0.5) is 0 Å². The molecular formula is C29H36O4. The molecule has 2 aliphatic rings. The molecule has 0 aromatic heterocycles. The van der Waals surface area contributed by atoms with Gasteiger partial charge in [-0.2, -0.15) is 0 Å². The van der Waals surface area contributed by atoms with Crippen LogP contribution >= 0.6 is 0 Å². The third-order valence-electron chi connectivity index (χ3n) is 6.77. The first-order valence-corrected chi connectivity index (χ1v) is 11.9. The summed E-state index contributed by atoms with van der Waals surface area (Å²) in [5, 5.41) is 0. The van der Waals surface area contributed by atoms with Gasteiger partial charge in [-0.25, -0.2) is 0 Å². The van der Waals surface area contributed by atoms with E-state index in [-0.39, 0.29) is 17.6 Å². The molecule has 4 atom stereocenters. The topological polar surface area (TPSA) is 43.5 Å². The molecule has 0 spiro atoms. The van der Waals surface area contributed by atoms with Crippen LogP contribution in [0.15, 0.2) is 61.7 Å². The number of epoxide rings is 2. The summed E-state index contributed by atoms with van der Waals surface area (Å²) in [6.45, 7) is 17.7. The second kappa shape index (κ2) is 9.74. The SMILES string of the molecule is C=CCc1cc(C(C)(C)c2ccc(OCC3OC3C)c(CC=C)c2)ccc1OCC1OC1C. The van der Waals surface area contributed by atoms with Crippen molar-refractivity contribution in [2.45, 2.75) is 70.4 Å². The van der Waals surface area contributed by atoms with Crippen LogP contribution in [0.3, 0.4) is 0 Å². The number of hydrogen-bond acceptors (Lipinski definition) is 4. The van der Waals surface area contributed by atoms with Crippen molar-refractivity contribution in [2.24, 2.45) is 0 Å². The van der Waals surface area contributed by atoms with Gasteiger partial charge < -0.3 is 18.9 Å². The van der Waals surface area contributed by atoms with E-state index in [0.717, 1.165) is 35.5 Å². The second-order valence-corrected chi connectivity index (χ2v) is 9.64. The summed E-state index contributed by atoms with van der Waals surface area (Å²) < 4.78 is 23.1. The second-order valence-electron chi connectivity index (χ2n) is 9.64. The maximum absolute atomic E-state index is 6.07. The first-order chi connectivity index (χ1) is 15.8. The number of allylic oxidation sites excluding steroid dienone is 2. The fraction of sp³-hybridized carbons (Fsp3) is 0.448. The Bertz CT molecular complexity index is 929. The highest BCUT2D eigenvalue weighted by Gasteiger charge is 2.36. The molecule has 0 amide bonds. The van der Waals surface area contributed by atoms with Gasteiger partial charge in [-0.1, -0.05) is 50.3 Å². The highest BCUT2D eigenvalue weighted by molar-refractivity contribution is 5.48. The van der Waals surface area contributed by atoms with Crippen molar-refractivity contribution in [3.8, 4) is 11.5 Å². The minimum absolute atomic E-state index is 0.189. The molecule has 33 heavy (non-hydrogen) atoms. The Hall–Kier alpha value is -2.56. The van der Waals surface area contributed by atoms with Gasteiger partial charge in [-0.05, 0) is 61.1 Å². The minimum Gasteiger partial charge on any atom is -0.490 e. The summed E-state index contributed by atoms with van der Waals surface area (Å²) in [6, 6.07) is 13.0. The van der Waals surface area contributed by atoms with E-state index in [4.69, 9.17) is 18.9 Å². The van der Waals surface area contributed by atoms with Crippen molar-refractivity contribution in [3.05, 3.63) is 84.0 Å². The van der Waals surface area contributed by atoms with E-state index in [0.29, 0.717) is 25.4 Å². The van der Waals surface area contributed by atoms with Gasteiger partial charge in [-0.15, -0.1) is 13.2 Å². The summed E-state index contributed by atoms with van der Waals surface area (Å²) in [5.74, 6) is 1.81. The van der Waals surface area contributed by atoms with Crippen molar-refractivity contribution < 1.29 is 18.9 Å². The van der Waals surface area contributed by atoms with Crippen LogP contribution in [-0.4, -0.2) is 37.6 Å². The Morgan fingerprint density at radius 2 is 1.18 bits per heavy atom. The first-order valence-electron chi connectivity index (χ1n) is 11.9. The van der Waals surface area contributed by atoms with Crippen molar-refractivity contribution in [1.29, 1.82) is 0 Å². The first kappa shape index (κ1) is 23.6. The van der Waals surface area contributed by atoms with E-state index in [2.05, 4.69) is 77.3 Å². The smallest absolute Gasteiger partial charge is 0.122 e. The minimum atomic E-state index is -0.189. The number of benzene rings is 2. The number of ether oxygens (including phenoxy) is 4. The lowest BCUT2D eigenvalue weighted by Gasteiger charge is -2.28. The number of rotatable bonds is 12. The largest absolute Gasteiger partial charge is 0.490 e. The Kier molecular flexibility index (Phi) is 6.96. The Labute approximate surface area is 198 Å². The van der Waals surface area contributed by atoms with Gasteiger partial charge in [0.25, 0.3) is 0 Å². The molecular weight excluding hydrogens is 412 g/mol. The predicted molar refractivity (Wildman–Crippen MR) is 132 cm³/mol. The van der Waals surface area contributed by atoms with Gasteiger partial charge >= 0.3 is 0 Å². The van der Waals surface area contributed by atoms with E-state index in [1.807, 2.05) is 12.2 Å². The zero-order valence-electron chi connectivity index (χ0n) is 20.3. The molecule has 2 saturated heterocycles. The lowest BCUT2D eigenvalue weighted by Crippen LogP contribution is -2.20. The molecule has 4 unspecified atom stereocenters. The van der Waals surface area contributed by atoms with Crippen LogP contribution in [0.1, 0.15) is 49.9 Å². The zero-order chi connectivity index (χ0) is 23.6. The van der Waals surface area contributed by atoms with E-state index < -0.39 is 0 Å². The van der Waals surface area contributed by atoms with Crippen LogP contribution < -0.4 is 9.47 Å². The third kappa shape index (κ3) is 5.51. The molecule has 0 radical (unpaired) electrons. The van der Waals surface area contributed by atoms with Crippen molar-refractivity contribution in [1.82, 2.24) is 0 Å². The Morgan fingerprint density at radius 1 is 0.788 bits per heavy atom. The van der Waals surface area contributed by atoms with E-state index in [1.165, 1.54) is 11.1 Å². The maximum Gasteiger partial charge on any atom is 0.122 e. The average Bonchev–Trinajstić information content (AvgIpc) is 3.70.